The number of aliphatic hydroxyl groups is 1. The van der Waals surface area contributed by atoms with Crippen LogP contribution in [0.2, 0.25) is 0 Å². The number of aliphatic hydroxyl groups excluding tert-OH is 1. The van der Waals surface area contributed by atoms with Crippen LogP contribution < -0.4 is 9.47 Å². The number of ether oxygens (including phenoxy) is 2. The fourth-order valence-corrected chi connectivity index (χ4v) is 3.84. The summed E-state index contributed by atoms with van der Waals surface area (Å²) in [6.45, 7) is 5.21. The zero-order valence-corrected chi connectivity index (χ0v) is 21.5. The normalized spacial score (nSPS) is 11.2. The molecule has 0 heterocycles. The van der Waals surface area contributed by atoms with E-state index in [1.54, 1.807) is 0 Å². The van der Waals surface area contributed by atoms with Gasteiger partial charge in [-0.25, -0.2) is 0 Å². The van der Waals surface area contributed by atoms with Crippen molar-refractivity contribution in [1.82, 2.24) is 0 Å². The molecule has 0 bridgehead atoms. The molecule has 31 heavy (non-hydrogen) atoms. The van der Waals surface area contributed by atoms with Crippen molar-refractivity contribution in [2.75, 3.05) is 13.2 Å². The smallest absolute Gasteiger partial charge is 0.161 e. The molecule has 1 aromatic rings. The molecule has 0 radical (unpaired) electrons. The Morgan fingerprint density at radius 3 is 1.87 bits per heavy atom. The minimum Gasteiger partial charge on any atom is -0.490 e. The van der Waals surface area contributed by atoms with Crippen LogP contribution in [-0.4, -0.2) is 18.3 Å². The third kappa shape index (κ3) is 15.4. The molecule has 4 heteroatoms. The van der Waals surface area contributed by atoms with Gasteiger partial charge in [-0.15, -0.1) is 6.58 Å². The summed E-state index contributed by atoms with van der Waals surface area (Å²) in [7, 11) is 0. The van der Waals surface area contributed by atoms with Crippen molar-refractivity contribution in [1.29, 1.82) is 0 Å². The van der Waals surface area contributed by atoms with Crippen molar-refractivity contribution in [2.24, 2.45) is 0 Å². The summed E-state index contributed by atoms with van der Waals surface area (Å²) in [6.07, 6.45) is 21.4. The number of unbranched alkanes of at least 4 members (excludes halogenated alkanes) is 12. The van der Waals surface area contributed by atoms with Crippen LogP contribution in [0, 0.1) is 0 Å². The van der Waals surface area contributed by atoms with Gasteiger partial charge in [0.15, 0.2) is 11.5 Å². The Morgan fingerprint density at radius 1 is 0.742 bits per heavy atom. The standard InChI is InChI=1S/C27H43IO3/c1-2-3-4-5-6-10-14-17-22-31-27-23-25(24-29)18-19-26(27)30-21-16-13-11-8-7-9-12-15-20-28/h2,15,18-20,23,29H,1,3-14,16-17,21-22,24H2/b20-15-. The molecule has 0 atom stereocenters. The lowest BCUT2D eigenvalue weighted by atomic mass is 10.1. The van der Waals surface area contributed by atoms with Crippen LogP contribution in [0.1, 0.15) is 95.5 Å². The molecular formula is C27H43IO3. The van der Waals surface area contributed by atoms with Crippen LogP contribution >= 0.6 is 22.6 Å². The zero-order chi connectivity index (χ0) is 22.4. The van der Waals surface area contributed by atoms with Crippen LogP contribution in [0.15, 0.2) is 41.0 Å². The summed E-state index contributed by atoms with van der Waals surface area (Å²) in [5, 5.41) is 9.44. The van der Waals surface area contributed by atoms with Gasteiger partial charge in [-0.1, -0.05) is 92.2 Å². The van der Waals surface area contributed by atoms with E-state index < -0.39 is 0 Å². The van der Waals surface area contributed by atoms with E-state index in [4.69, 9.17) is 9.47 Å². The topological polar surface area (TPSA) is 38.7 Å². The first kappa shape index (κ1) is 28.0. The second-order valence-corrected chi connectivity index (χ2v) is 8.83. The van der Waals surface area contributed by atoms with Crippen LogP contribution in [0.25, 0.3) is 0 Å². The van der Waals surface area contributed by atoms with E-state index in [0.717, 1.165) is 42.9 Å². The van der Waals surface area contributed by atoms with Gasteiger partial charge >= 0.3 is 0 Å². The van der Waals surface area contributed by atoms with E-state index >= 15 is 0 Å². The van der Waals surface area contributed by atoms with E-state index in [1.165, 1.54) is 70.6 Å². The van der Waals surface area contributed by atoms with E-state index in [2.05, 4.69) is 39.3 Å². The third-order valence-corrected chi connectivity index (χ3v) is 5.87. The average molecular weight is 543 g/mol. The van der Waals surface area contributed by atoms with Gasteiger partial charge < -0.3 is 14.6 Å². The number of benzene rings is 1. The molecule has 0 saturated carbocycles. The maximum absolute atomic E-state index is 9.44. The Morgan fingerprint density at radius 2 is 1.29 bits per heavy atom. The third-order valence-electron chi connectivity index (χ3n) is 5.36. The Labute approximate surface area is 204 Å². The number of allylic oxidation sites excluding steroid dienone is 2. The second-order valence-electron chi connectivity index (χ2n) is 8.11. The zero-order valence-electron chi connectivity index (χ0n) is 19.3. The molecule has 0 spiro atoms. The molecular weight excluding hydrogens is 499 g/mol. The van der Waals surface area contributed by atoms with Gasteiger partial charge in [0.25, 0.3) is 0 Å². The second kappa shape index (κ2) is 20.9. The first-order valence-electron chi connectivity index (χ1n) is 12.2. The lowest BCUT2D eigenvalue weighted by Crippen LogP contribution is -2.03. The highest BCUT2D eigenvalue weighted by Gasteiger charge is 2.07. The summed E-state index contributed by atoms with van der Waals surface area (Å²) in [5.74, 6) is 1.56. The van der Waals surface area contributed by atoms with Crippen molar-refractivity contribution < 1.29 is 14.6 Å². The first-order chi connectivity index (χ1) is 15.3. The van der Waals surface area contributed by atoms with Gasteiger partial charge in [0.2, 0.25) is 0 Å². The van der Waals surface area contributed by atoms with Crippen LogP contribution in [-0.2, 0) is 6.61 Å². The lowest BCUT2D eigenvalue weighted by Gasteiger charge is -2.14. The summed E-state index contributed by atoms with van der Waals surface area (Å²) in [4.78, 5) is 0. The van der Waals surface area contributed by atoms with Gasteiger partial charge in [0, 0.05) is 0 Å². The summed E-state index contributed by atoms with van der Waals surface area (Å²) < 4.78 is 14.1. The maximum atomic E-state index is 9.44. The monoisotopic (exact) mass is 542 g/mol. The van der Waals surface area contributed by atoms with E-state index in [9.17, 15) is 5.11 Å². The lowest BCUT2D eigenvalue weighted by molar-refractivity contribution is 0.254. The highest BCUT2D eigenvalue weighted by molar-refractivity contribution is 14.1. The summed E-state index contributed by atoms with van der Waals surface area (Å²) in [6, 6.07) is 5.76. The minimum absolute atomic E-state index is 0.0228. The molecule has 0 fully saturated rings. The van der Waals surface area contributed by atoms with Gasteiger partial charge in [-0.3, -0.25) is 0 Å². The van der Waals surface area contributed by atoms with Crippen LogP contribution in [0.5, 0.6) is 11.5 Å². The quantitative estimate of drug-likeness (QED) is 0.0961. The Hall–Kier alpha value is -1.01. The first-order valence-corrected chi connectivity index (χ1v) is 13.4. The van der Waals surface area contributed by atoms with Crippen LogP contribution in [0.3, 0.4) is 0 Å². The largest absolute Gasteiger partial charge is 0.490 e. The average Bonchev–Trinajstić information content (AvgIpc) is 2.79. The Kier molecular flexibility index (Phi) is 18.9. The fourth-order valence-electron chi connectivity index (χ4n) is 3.48. The molecule has 1 rings (SSSR count). The van der Waals surface area contributed by atoms with Gasteiger partial charge in [0.05, 0.1) is 19.8 Å². The molecule has 3 nitrogen and oxygen atoms in total. The van der Waals surface area contributed by atoms with Crippen molar-refractivity contribution >= 4 is 22.6 Å². The molecule has 176 valence electrons. The molecule has 0 aromatic heterocycles. The molecule has 0 unspecified atom stereocenters. The van der Waals surface area contributed by atoms with Crippen molar-refractivity contribution in [3.05, 3.63) is 46.6 Å². The number of halogens is 1. The predicted molar refractivity (Wildman–Crippen MR) is 141 cm³/mol. The van der Waals surface area contributed by atoms with Gasteiger partial charge in [0.1, 0.15) is 0 Å². The summed E-state index contributed by atoms with van der Waals surface area (Å²) >= 11 is 2.28. The number of rotatable bonds is 21. The predicted octanol–water partition coefficient (Wildman–Crippen LogP) is 8.53. The van der Waals surface area contributed by atoms with Crippen molar-refractivity contribution in [3.8, 4) is 11.5 Å². The molecule has 0 amide bonds. The van der Waals surface area contributed by atoms with E-state index in [-0.39, 0.29) is 6.61 Å². The van der Waals surface area contributed by atoms with E-state index in [1.807, 2.05) is 24.3 Å². The minimum atomic E-state index is 0.0228. The maximum Gasteiger partial charge on any atom is 0.161 e. The highest BCUT2D eigenvalue weighted by atomic mass is 127. The molecule has 0 aliphatic heterocycles. The van der Waals surface area contributed by atoms with Crippen molar-refractivity contribution in [3.63, 3.8) is 0 Å². The SMILES string of the molecule is C=CCCCCCCCCOc1cc(CO)ccc1OCCCCCCCC/C=C\I. The van der Waals surface area contributed by atoms with Crippen molar-refractivity contribution in [2.45, 2.75) is 96.5 Å². The van der Waals surface area contributed by atoms with Crippen LogP contribution in [0.4, 0.5) is 0 Å². The highest BCUT2D eigenvalue weighted by Crippen LogP contribution is 2.29. The van der Waals surface area contributed by atoms with Gasteiger partial charge in [-0.2, -0.15) is 0 Å². The van der Waals surface area contributed by atoms with E-state index in [0.29, 0.717) is 6.61 Å². The molecule has 0 aliphatic rings. The summed E-state index contributed by atoms with van der Waals surface area (Å²) in [5.41, 5.74) is 0.863. The number of hydrogen-bond donors (Lipinski definition) is 1. The number of hydrogen-bond acceptors (Lipinski definition) is 3. The van der Waals surface area contributed by atoms with Gasteiger partial charge in [-0.05, 0) is 60.3 Å². The Balaban J connectivity index is 2.21. The molecule has 0 saturated heterocycles. The Bertz CT molecular complexity index is 586. The fraction of sp³-hybridized carbons (Fsp3) is 0.630. The molecule has 0 aliphatic carbocycles. The molecule has 1 N–H and O–H groups in total. The molecule has 1 aromatic carbocycles.